The van der Waals surface area contributed by atoms with Crippen LogP contribution in [0.15, 0.2) is 24.4 Å². The van der Waals surface area contributed by atoms with Crippen LogP contribution in [0.1, 0.15) is 53.3 Å². The maximum atomic E-state index is 14.4. The molecule has 1 amide bonds. The number of nitrogens with two attached hydrogens (primary N) is 1. The van der Waals surface area contributed by atoms with E-state index in [1.54, 1.807) is 4.52 Å². The molecule has 2 aliphatic rings. The summed E-state index contributed by atoms with van der Waals surface area (Å²) < 4.78 is 29.9. The Morgan fingerprint density at radius 2 is 2.00 bits per heavy atom. The van der Waals surface area contributed by atoms with Gasteiger partial charge in [0.05, 0.1) is 17.3 Å². The number of aromatic hydroxyl groups is 1. The van der Waals surface area contributed by atoms with Gasteiger partial charge in [-0.25, -0.2) is 18.3 Å². The highest BCUT2D eigenvalue weighted by molar-refractivity contribution is 5.95. The van der Waals surface area contributed by atoms with Crippen molar-refractivity contribution >= 4 is 17.4 Å². The first-order valence-corrected chi connectivity index (χ1v) is 11.2. The van der Waals surface area contributed by atoms with E-state index in [2.05, 4.69) is 10.00 Å². The molecule has 2 aliphatic heterocycles. The fraction of sp³-hybridized carbons (Fsp3) is 0.435. The number of aromatic nitrogens is 3. The molecule has 0 radical (unpaired) electrons. The van der Waals surface area contributed by atoms with Gasteiger partial charge >= 0.3 is 0 Å². The third kappa shape index (κ3) is 3.88. The highest BCUT2D eigenvalue weighted by Gasteiger charge is 2.33. The summed E-state index contributed by atoms with van der Waals surface area (Å²) in [6.07, 6.45) is 5.09. The third-order valence-corrected chi connectivity index (χ3v) is 6.50. The van der Waals surface area contributed by atoms with E-state index in [-0.39, 0.29) is 6.04 Å². The summed E-state index contributed by atoms with van der Waals surface area (Å²) in [5.41, 5.74) is 7.84. The lowest BCUT2D eigenvalue weighted by molar-refractivity contribution is 0.0599. The average molecular weight is 456 g/mol. The predicted octanol–water partition coefficient (Wildman–Crippen LogP) is 2.93. The lowest BCUT2D eigenvalue weighted by Crippen LogP contribution is -2.39. The van der Waals surface area contributed by atoms with E-state index in [9.17, 15) is 18.7 Å². The van der Waals surface area contributed by atoms with Crippen LogP contribution < -0.4 is 10.6 Å². The minimum atomic E-state index is -1.26. The molecule has 2 atom stereocenters. The first-order chi connectivity index (χ1) is 15.8. The lowest BCUT2D eigenvalue weighted by Gasteiger charge is -2.34. The first-order valence-electron chi connectivity index (χ1n) is 11.2. The molecular formula is C23H26F2N6O2. The standard InChI is InChI=1S/C23H26F2N6O2/c1-13-11-31-20(27-22(13)29-7-5-14(26)12-29)10-18(28-31)19-4-2-3-6-30(19)23(33)16-8-15(32)9-17(24)21(16)25/h8-11,14,19,32H,2-7,12,26H2,1H3/t14-,19-/m0/s1. The summed E-state index contributed by atoms with van der Waals surface area (Å²) in [6, 6.07) is 3.19. The summed E-state index contributed by atoms with van der Waals surface area (Å²) in [5, 5.41) is 14.4. The zero-order valence-electron chi connectivity index (χ0n) is 18.3. The van der Waals surface area contributed by atoms with Crippen molar-refractivity contribution in [3.8, 4) is 5.75 Å². The van der Waals surface area contributed by atoms with Crippen LogP contribution in [0.25, 0.3) is 5.65 Å². The molecular weight excluding hydrogens is 430 g/mol. The summed E-state index contributed by atoms with van der Waals surface area (Å²) in [4.78, 5) is 21.7. The number of carbonyl (C=O) groups excluding carboxylic acids is 1. The molecule has 2 fully saturated rings. The van der Waals surface area contributed by atoms with Gasteiger partial charge in [-0.1, -0.05) is 0 Å². The molecule has 3 aromatic rings. The molecule has 2 aromatic heterocycles. The number of hydrogen-bond donors (Lipinski definition) is 2. The Bertz CT molecular complexity index is 1230. The van der Waals surface area contributed by atoms with Crippen LogP contribution in [0.4, 0.5) is 14.6 Å². The van der Waals surface area contributed by atoms with Crippen molar-refractivity contribution in [2.24, 2.45) is 5.73 Å². The van der Waals surface area contributed by atoms with Crippen LogP contribution in [0, 0.1) is 18.6 Å². The number of rotatable bonds is 3. The van der Waals surface area contributed by atoms with Crippen LogP contribution in [0.2, 0.25) is 0 Å². The van der Waals surface area contributed by atoms with Gasteiger partial charge in [0.1, 0.15) is 11.6 Å². The average Bonchev–Trinajstić information content (AvgIpc) is 3.40. The topological polar surface area (TPSA) is 100.0 Å². The summed E-state index contributed by atoms with van der Waals surface area (Å²) in [7, 11) is 0. The Labute approximate surface area is 189 Å². The van der Waals surface area contributed by atoms with Crippen molar-refractivity contribution in [2.45, 2.75) is 44.7 Å². The predicted molar refractivity (Wildman–Crippen MR) is 118 cm³/mol. The number of hydrogen-bond acceptors (Lipinski definition) is 6. The number of anilines is 1. The highest BCUT2D eigenvalue weighted by atomic mass is 19.2. The molecule has 4 heterocycles. The van der Waals surface area contributed by atoms with Gasteiger partial charge in [-0.2, -0.15) is 5.10 Å². The third-order valence-electron chi connectivity index (χ3n) is 6.50. The number of piperidine rings is 1. The van der Waals surface area contributed by atoms with E-state index in [0.717, 1.165) is 49.8 Å². The molecule has 33 heavy (non-hydrogen) atoms. The summed E-state index contributed by atoms with van der Waals surface area (Å²) in [6.45, 7) is 3.96. The normalized spacial score (nSPS) is 21.2. The summed E-state index contributed by atoms with van der Waals surface area (Å²) >= 11 is 0. The van der Waals surface area contributed by atoms with E-state index in [1.807, 2.05) is 19.2 Å². The molecule has 10 heteroatoms. The second kappa shape index (κ2) is 8.26. The molecule has 174 valence electrons. The number of phenolic OH excluding ortho intramolecular Hbond substituents is 1. The molecule has 2 saturated heterocycles. The number of aryl methyl sites for hydroxylation is 1. The van der Waals surface area contributed by atoms with Crippen molar-refractivity contribution in [1.82, 2.24) is 19.5 Å². The smallest absolute Gasteiger partial charge is 0.257 e. The van der Waals surface area contributed by atoms with E-state index < -0.39 is 34.9 Å². The van der Waals surface area contributed by atoms with Crippen LogP contribution >= 0.6 is 0 Å². The van der Waals surface area contributed by atoms with Crippen LogP contribution in [0.3, 0.4) is 0 Å². The fourth-order valence-corrected chi connectivity index (χ4v) is 4.85. The van der Waals surface area contributed by atoms with Gasteiger partial charge in [0, 0.05) is 49.6 Å². The number of fused-ring (bicyclic) bond motifs is 1. The monoisotopic (exact) mass is 456 g/mol. The first kappa shape index (κ1) is 21.6. The van der Waals surface area contributed by atoms with Crippen molar-refractivity contribution in [1.29, 1.82) is 0 Å². The molecule has 0 saturated carbocycles. The quantitative estimate of drug-likeness (QED) is 0.629. The van der Waals surface area contributed by atoms with Gasteiger partial charge < -0.3 is 20.6 Å². The van der Waals surface area contributed by atoms with E-state index >= 15 is 0 Å². The number of carbonyl (C=O) groups is 1. The van der Waals surface area contributed by atoms with Crippen molar-refractivity contribution < 1.29 is 18.7 Å². The molecule has 3 N–H and O–H groups in total. The van der Waals surface area contributed by atoms with Crippen molar-refractivity contribution in [3.05, 3.63) is 52.9 Å². The molecule has 1 aromatic carbocycles. The second-order valence-electron chi connectivity index (χ2n) is 8.91. The van der Waals surface area contributed by atoms with Crippen LogP contribution in [-0.2, 0) is 0 Å². The van der Waals surface area contributed by atoms with Gasteiger partial charge in [-0.05, 0) is 38.7 Å². The number of benzene rings is 1. The molecule has 0 bridgehead atoms. The number of amides is 1. The number of halogens is 2. The van der Waals surface area contributed by atoms with E-state index in [0.29, 0.717) is 30.4 Å². The van der Waals surface area contributed by atoms with Crippen molar-refractivity contribution in [2.75, 3.05) is 24.5 Å². The SMILES string of the molecule is Cc1cn2nc([C@@H]3CCCCN3C(=O)c3cc(O)cc(F)c3F)cc2nc1N1CC[C@H](N)C1. The van der Waals surface area contributed by atoms with Gasteiger partial charge in [-0.3, -0.25) is 4.79 Å². The maximum absolute atomic E-state index is 14.4. The Morgan fingerprint density at radius 3 is 2.76 bits per heavy atom. The molecule has 8 nitrogen and oxygen atoms in total. The molecule has 0 aliphatic carbocycles. The number of nitrogens with zero attached hydrogens (tertiary/aromatic N) is 5. The van der Waals surface area contributed by atoms with Crippen molar-refractivity contribution in [3.63, 3.8) is 0 Å². The van der Waals surface area contributed by atoms with Gasteiger partial charge in [0.2, 0.25) is 0 Å². The molecule has 5 rings (SSSR count). The van der Waals surface area contributed by atoms with Crippen LogP contribution in [0.5, 0.6) is 5.75 Å². The minimum Gasteiger partial charge on any atom is -0.508 e. The van der Waals surface area contributed by atoms with Gasteiger partial charge in [0.15, 0.2) is 17.3 Å². The number of likely N-dealkylation sites (tertiary alicyclic amines) is 1. The molecule has 0 unspecified atom stereocenters. The fourth-order valence-electron chi connectivity index (χ4n) is 4.85. The summed E-state index contributed by atoms with van der Waals surface area (Å²) in [5.74, 6) is -2.81. The van der Waals surface area contributed by atoms with E-state index in [1.165, 1.54) is 4.90 Å². The lowest BCUT2D eigenvalue weighted by atomic mass is 9.98. The molecule has 0 spiro atoms. The van der Waals surface area contributed by atoms with Crippen LogP contribution in [-0.4, -0.2) is 56.2 Å². The van der Waals surface area contributed by atoms with Gasteiger partial charge in [-0.15, -0.1) is 0 Å². The Balaban J connectivity index is 1.49. The Morgan fingerprint density at radius 1 is 1.18 bits per heavy atom. The van der Waals surface area contributed by atoms with E-state index in [4.69, 9.17) is 10.7 Å². The number of phenols is 1. The maximum Gasteiger partial charge on any atom is 0.257 e. The second-order valence-corrected chi connectivity index (χ2v) is 8.91. The highest BCUT2D eigenvalue weighted by Crippen LogP contribution is 2.34. The Kier molecular flexibility index (Phi) is 5.40. The Hall–Kier alpha value is -3.27. The zero-order chi connectivity index (χ0) is 23.3. The van der Waals surface area contributed by atoms with Gasteiger partial charge in [0.25, 0.3) is 5.91 Å². The minimum absolute atomic E-state index is 0.132. The largest absolute Gasteiger partial charge is 0.508 e. The zero-order valence-corrected chi connectivity index (χ0v) is 18.3.